The summed E-state index contributed by atoms with van der Waals surface area (Å²) in [4.78, 5) is -0.0111. The minimum Gasteiger partial charge on any atom is -0.391 e. The van der Waals surface area contributed by atoms with Crippen LogP contribution in [0.4, 0.5) is 4.39 Å². The maximum Gasteiger partial charge on any atom is 0.241 e. The molecule has 2 aromatic carbocycles. The summed E-state index contributed by atoms with van der Waals surface area (Å²) in [6.07, 6.45) is -0.403. The highest BCUT2D eigenvalue weighted by Crippen LogP contribution is 2.32. The van der Waals surface area contributed by atoms with Gasteiger partial charge in [-0.25, -0.2) is 17.5 Å². The number of aliphatic hydroxyl groups excluding tert-OH is 1. The van der Waals surface area contributed by atoms with E-state index < -0.39 is 28.0 Å². The average molecular weight is 321 g/mol. The molecule has 0 spiro atoms. The third-order valence-corrected chi connectivity index (χ3v) is 5.36. The van der Waals surface area contributed by atoms with Crippen LogP contribution in [-0.2, 0) is 16.4 Å². The molecule has 0 fully saturated rings. The first kappa shape index (κ1) is 15.1. The van der Waals surface area contributed by atoms with Gasteiger partial charge in [0.05, 0.1) is 17.0 Å². The molecular weight excluding hydrogens is 305 g/mol. The molecule has 0 saturated carbocycles. The van der Waals surface area contributed by atoms with Crippen molar-refractivity contribution in [2.45, 2.75) is 30.4 Å². The fourth-order valence-electron chi connectivity index (χ4n) is 2.74. The highest BCUT2D eigenvalue weighted by Gasteiger charge is 2.34. The Hall–Kier alpha value is -1.76. The number of halogens is 1. The van der Waals surface area contributed by atoms with Gasteiger partial charge in [-0.1, -0.05) is 24.3 Å². The zero-order valence-corrected chi connectivity index (χ0v) is 12.8. The van der Waals surface area contributed by atoms with Crippen molar-refractivity contribution in [1.82, 2.24) is 4.72 Å². The standard InChI is InChI=1S/C16H16FNO3S/c1-10-8-12(6-7-14(10)17)22(20,21)18-16-13-5-3-2-4-11(13)9-15(16)19/h2-8,15-16,18-19H,9H2,1H3. The van der Waals surface area contributed by atoms with Crippen LogP contribution in [0.1, 0.15) is 22.7 Å². The summed E-state index contributed by atoms with van der Waals surface area (Å²) in [7, 11) is -3.84. The van der Waals surface area contributed by atoms with Crippen molar-refractivity contribution in [3.8, 4) is 0 Å². The number of aryl methyl sites for hydroxylation is 1. The summed E-state index contributed by atoms with van der Waals surface area (Å²) in [6, 6.07) is 10.3. The van der Waals surface area contributed by atoms with Crippen LogP contribution in [0.25, 0.3) is 0 Å². The number of rotatable bonds is 3. The van der Waals surface area contributed by atoms with E-state index in [1.54, 1.807) is 12.1 Å². The molecule has 0 heterocycles. The second-order valence-corrected chi connectivity index (χ2v) is 7.19. The van der Waals surface area contributed by atoms with Gasteiger partial charge in [-0.05, 0) is 41.8 Å². The first-order chi connectivity index (χ1) is 10.4. The Morgan fingerprint density at radius 1 is 1.23 bits per heavy atom. The average Bonchev–Trinajstić information content (AvgIpc) is 2.78. The van der Waals surface area contributed by atoms with Gasteiger partial charge in [0.15, 0.2) is 0 Å². The maximum absolute atomic E-state index is 13.3. The van der Waals surface area contributed by atoms with Crippen molar-refractivity contribution in [3.63, 3.8) is 0 Å². The summed E-state index contributed by atoms with van der Waals surface area (Å²) in [6.45, 7) is 1.51. The van der Waals surface area contributed by atoms with Crippen molar-refractivity contribution < 1.29 is 17.9 Å². The quantitative estimate of drug-likeness (QED) is 0.909. The molecule has 0 aliphatic heterocycles. The molecule has 2 atom stereocenters. The van der Waals surface area contributed by atoms with E-state index in [0.717, 1.165) is 17.2 Å². The number of nitrogens with one attached hydrogen (secondary N) is 1. The van der Waals surface area contributed by atoms with Crippen LogP contribution in [0.5, 0.6) is 0 Å². The predicted molar refractivity (Wildman–Crippen MR) is 80.4 cm³/mol. The Morgan fingerprint density at radius 2 is 1.95 bits per heavy atom. The smallest absolute Gasteiger partial charge is 0.241 e. The van der Waals surface area contributed by atoms with Crippen LogP contribution < -0.4 is 4.72 Å². The lowest BCUT2D eigenvalue weighted by atomic mass is 10.1. The van der Waals surface area contributed by atoms with Crippen LogP contribution in [0.2, 0.25) is 0 Å². The molecule has 2 N–H and O–H groups in total. The summed E-state index contributed by atoms with van der Waals surface area (Å²) < 4.78 is 40.7. The molecule has 0 bridgehead atoms. The first-order valence-electron chi connectivity index (χ1n) is 6.93. The number of hydrogen-bond acceptors (Lipinski definition) is 3. The molecule has 3 rings (SSSR count). The number of benzene rings is 2. The van der Waals surface area contributed by atoms with Crippen LogP contribution in [-0.4, -0.2) is 19.6 Å². The minimum absolute atomic E-state index is 0.0111. The van der Waals surface area contributed by atoms with Crippen LogP contribution in [0.15, 0.2) is 47.4 Å². The van der Waals surface area contributed by atoms with E-state index in [4.69, 9.17) is 0 Å². The number of fused-ring (bicyclic) bond motifs is 1. The maximum atomic E-state index is 13.3. The molecule has 6 heteroatoms. The number of sulfonamides is 1. The van der Waals surface area contributed by atoms with Gasteiger partial charge in [-0.3, -0.25) is 0 Å². The second-order valence-electron chi connectivity index (χ2n) is 5.48. The van der Waals surface area contributed by atoms with Gasteiger partial charge < -0.3 is 5.11 Å². The summed E-state index contributed by atoms with van der Waals surface area (Å²) >= 11 is 0. The highest BCUT2D eigenvalue weighted by molar-refractivity contribution is 7.89. The van der Waals surface area contributed by atoms with Crippen molar-refractivity contribution in [2.24, 2.45) is 0 Å². The van der Waals surface area contributed by atoms with Crippen LogP contribution in [0, 0.1) is 12.7 Å². The Balaban J connectivity index is 1.93. The fraction of sp³-hybridized carbons (Fsp3) is 0.250. The highest BCUT2D eigenvalue weighted by atomic mass is 32.2. The predicted octanol–water partition coefficient (Wildman–Crippen LogP) is 2.07. The molecule has 0 radical (unpaired) electrons. The first-order valence-corrected chi connectivity index (χ1v) is 8.41. The summed E-state index contributed by atoms with van der Waals surface area (Å²) in [5.41, 5.74) is 1.96. The molecule has 4 nitrogen and oxygen atoms in total. The van der Waals surface area contributed by atoms with E-state index in [-0.39, 0.29) is 10.5 Å². The van der Waals surface area contributed by atoms with E-state index in [0.29, 0.717) is 6.42 Å². The second kappa shape index (κ2) is 5.46. The third-order valence-electron chi connectivity index (χ3n) is 3.93. The molecule has 1 aliphatic rings. The van der Waals surface area contributed by atoms with Crippen LogP contribution in [0.3, 0.4) is 0 Å². The van der Waals surface area contributed by atoms with Crippen molar-refractivity contribution in [1.29, 1.82) is 0 Å². The zero-order chi connectivity index (χ0) is 15.9. The summed E-state index contributed by atoms with van der Waals surface area (Å²) in [5, 5.41) is 10.1. The normalized spacial score (nSPS) is 20.9. The lowest BCUT2D eigenvalue weighted by molar-refractivity contribution is 0.151. The molecule has 22 heavy (non-hydrogen) atoms. The van der Waals surface area contributed by atoms with E-state index >= 15 is 0 Å². The lowest BCUT2D eigenvalue weighted by Crippen LogP contribution is -2.33. The SMILES string of the molecule is Cc1cc(S(=O)(=O)NC2c3ccccc3CC2O)ccc1F. The molecule has 2 unspecified atom stereocenters. The Bertz CT molecular complexity index is 820. The van der Waals surface area contributed by atoms with Gasteiger partial charge in [0.25, 0.3) is 0 Å². The third kappa shape index (κ3) is 2.65. The van der Waals surface area contributed by atoms with E-state index in [9.17, 15) is 17.9 Å². The Labute approximate surface area is 128 Å². The molecule has 1 aliphatic carbocycles. The molecule has 0 amide bonds. The minimum atomic E-state index is -3.84. The van der Waals surface area contributed by atoms with E-state index in [1.807, 2.05) is 12.1 Å². The van der Waals surface area contributed by atoms with Gasteiger partial charge >= 0.3 is 0 Å². The molecule has 0 saturated heterocycles. The monoisotopic (exact) mass is 321 g/mol. The van der Waals surface area contributed by atoms with Crippen molar-refractivity contribution in [2.75, 3.05) is 0 Å². The zero-order valence-electron chi connectivity index (χ0n) is 12.0. The van der Waals surface area contributed by atoms with Crippen LogP contribution >= 0.6 is 0 Å². The van der Waals surface area contributed by atoms with Crippen molar-refractivity contribution in [3.05, 3.63) is 65.0 Å². The van der Waals surface area contributed by atoms with Gasteiger partial charge in [0.2, 0.25) is 10.0 Å². The largest absolute Gasteiger partial charge is 0.391 e. The number of hydrogen-bond donors (Lipinski definition) is 2. The summed E-state index contributed by atoms with van der Waals surface area (Å²) in [5.74, 6) is -0.454. The number of aliphatic hydroxyl groups is 1. The lowest BCUT2D eigenvalue weighted by Gasteiger charge is -2.18. The molecule has 2 aromatic rings. The molecular formula is C16H16FNO3S. The van der Waals surface area contributed by atoms with Crippen molar-refractivity contribution >= 4 is 10.0 Å². The Morgan fingerprint density at radius 3 is 2.68 bits per heavy atom. The van der Waals surface area contributed by atoms with Gasteiger partial charge in [0.1, 0.15) is 5.82 Å². The topological polar surface area (TPSA) is 66.4 Å². The van der Waals surface area contributed by atoms with E-state index in [2.05, 4.69) is 4.72 Å². The van der Waals surface area contributed by atoms with Gasteiger partial charge in [-0.2, -0.15) is 0 Å². The van der Waals surface area contributed by atoms with Gasteiger partial charge in [-0.15, -0.1) is 0 Å². The van der Waals surface area contributed by atoms with E-state index in [1.165, 1.54) is 19.1 Å². The molecule has 0 aromatic heterocycles. The van der Waals surface area contributed by atoms with Gasteiger partial charge in [0, 0.05) is 6.42 Å². The fourth-order valence-corrected chi connectivity index (χ4v) is 4.07. The Kier molecular flexibility index (Phi) is 3.76. The molecule has 116 valence electrons.